The second kappa shape index (κ2) is 6.95. The second-order valence-electron chi connectivity index (χ2n) is 4.45. The first-order chi connectivity index (χ1) is 9.29. The van der Waals surface area contributed by atoms with E-state index in [0.717, 1.165) is 25.3 Å². The molecule has 1 heterocycles. The average molecular weight is 259 g/mol. The number of nitrogens with one attached hydrogen (secondary N) is 1. The lowest BCUT2D eigenvalue weighted by atomic mass is 10.2. The van der Waals surface area contributed by atoms with Crippen LogP contribution >= 0.6 is 0 Å². The van der Waals surface area contributed by atoms with Crippen molar-refractivity contribution in [1.82, 2.24) is 15.1 Å². The molecule has 2 aromatic rings. The number of ether oxygens (including phenoxy) is 1. The minimum absolute atomic E-state index is 0.711. The fourth-order valence-corrected chi connectivity index (χ4v) is 1.97. The summed E-state index contributed by atoms with van der Waals surface area (Å²) in [4.78, 5) is 0. The molecular weight excluding hydrogens is 238 g/mol. The normalized spacial score (nSPS) is 10.6. The highest BCUT2D eigenvalue weighted by atomic mass is 16.5. The summed E-state index contributed by atoms with van der Waals surface area (Å²) in [5.74, 6) is 0.932. The number of aromatic nitrogens is 2. The fourth-order valence-electron chi connectivity index (χ4n) is 1.97. The van der Waals surface area contributed by atoms with Crippen molar-refractivity contribution in [3.63, 3.8) is 0 Å². The molecule has 4 nitrogen and oxygen atoms in total. The van der Waals surface area contributed by atoms with Gasteiger partial charge < -0.3 is 10.1 Å². The maximum absolute atomic E-state index is 5.42. The zero-order valence-corrected chi connectivity index (χ0v) is 11.6. The molecule has 0 atom stereocenters. The Labute approximate surface area is 114 Å². The molecule has 0 aliphatic rings. The van der Waals surface area contributed by atoms with Crippen molar-refractivity contribution in [3.8, 4) is 5.75 Å². The maximum atomic E-state index is 5.42. The number of aryl methyl sites for hydroxylation is 1. The average Bonchev–Trinajstić information content (AvgIpc) is 2.83. The third kappa shape index (κ3) is 4.10. The van der Waals surface area contributed by atoms with Crippen LogP contribution in [0.3, 0.4) is 0 Å². The Hall–Kier alpha value is -1.81. The van der Waals surface area contributed by atoms with Gasteiger partial charge in [-0.25, -0.2) is 0 Å². The summed E-state index contributed by atoms with van der Waals surface area (Å²) in [5, 5.41) is 7.59. The molecule has 0 aliphatic heterocycles. The molecule has 0 radical (unpaired) electrons. The summed E-state index contributed by atoms with van der Waals surface area (Å²) in [6.07, 6.45) is 2.83. The van der Waals surface area contributed by atoms with E-state index in [4.69, 9.17) is 4.74 Å². The fraction of sp³-hybridized carbons (Fsp3) is 0.400. The summed E-state index contributed by atoms with van der Waals surface area (Å²) >= 11 is 0. The van der Waals surface area contributed by atoms with Crippen LogP contribution in [-0.2, 0) is 20.0 Å². The Morgan fingerprint density at radius 2 is 2.00 bits per heavy atom. The number of hydrogen-bond acceptors (Lipinski definition) is 3. The molecule has 1 aromatic heterocycles. The zero-order chi connectivity index (χ0) is 13.5. The minimum Gasteiger partial charge on any atom is -0.494 e. The Morgan fingerprint density at radius 1 is 1.21 bits per heavy atom. The molecule has 0 saturated heterocycles. The van der Waals surface area contributed by atoms with E-state index in [0.29, 0.717) is 6.61 Å². The Kier molecular flexibility index (Phi) is 4.98. The Morgan fingerprint density at radius 3 is 2.63 bits per heavy atom. The van der Waals surface area contributed by atoms with Crippen molar-refractivity contribution in [3.05, 3.63) is 47.8 Å². The molecule has 102 valence electrons. The third-order valence-corrected chi connectivity index (χ3v) is 3.04. The van der Waals surface area contributed by atoms with Crippen LogP contribution in [-0.4, -0.2) is 22.9 Å². The lowest BCUT2D eigenvalue weighted by Crippen LogP contribution is -2.17. The lowest BCUT2D eigenvalue weighted by molar-refractivity contribution is 0.340. The molecule has 2 rings (SSSR count). The van der Waals surface area contributed by atoms with Crippen molar-refractivity contribution in [2.75, 3.05) is 13.2 Å². The van der Waals surface area contributed by atoms with Gasteiger partial charge in [-0.3, -0.25) is 4.68 Å². The van der Waals surface area contributed by atoms with Crippen molar-refractivity contribution >= 4 is 0 Å². The summed E-state index contributed by atoms with van der Waals surface area (Å²) in [6, 6.07) is 10.3. The summed E-state index contributed by atoms with van der Waals surface area (Å²) < 4.78 is 7.33. The zero-order valence-electron chi connectivity index (χ0n) is 11.6. The number of rotatable bonds is 7. The quantitative estimate of drug-likeness (QED) is 0.774. The molecule has 0 spiro atoms. The minimum atomic E-state index is 0.711. The van der Waals surface area contributed by atoms with Gasteiger partial charge in [0.25, 0.3) is 0 Å². The van der Waals surface area contributed by atoms with E-state index < -0.39 is 0 Å². The van der Waals surface area contributed by atoms with Gasteiger partial charge in [0.15, 0.2) is 0 Å². The summed E-state index contributed by atoms with van der Waals surface area (Å²) in [5.41, 5.74) is 2.52. The number of benzene rings is 1. The summed E-state index contributed by atoms with van der Waals surface area (Å²) in [6.45, 7) is 4.53. The molecular formula is C15H21N3O. The van der Waals surface area contributed by atoms with Crippen LogP contribution in [0.1, 0.15) is 18.2 Å². The molecule has 4 heteroatoms. The van der Waals surface area contributed by atoms with Crippen molar-refractivity contribution < 1.29 is 4.74 Å². The third-order valence-electron chi connectivity index (χ3n) is 3.04. The highest BCUT2D eigenvalue weighted by Crippen LogP contribution is 2.11. The molecule has 19 heavy (non-hydrogen) atoms. The van der Waals surface area contributed by atoms with E-state index in [1.807, 2.05) is 37.0 Å². The molecule has 0 unspecified atom stereocenters. The van der Waals surface area contributed by atoms with E-state index in [1.54, 1.807) is 0 Å². The van der Waals surface area contributed by atoms with Gasteiger partial charge in [0.2, 0.25) is 0 Å². The topological polar surface area (TPSA) is 39.1 Å². The molecule has 0 fully saturated rings. The number of hydrogen-bond donors (Lipinski definition) is 1. The molecule has 0 bridgehead atoms. The Bertz CT molecular complexity index is 490. The van der Waals surface area contributed by atoms with Gasteiger partial charge in [-0.05, 0) is 30.7 Å². The van der Waals surface area contributed by atoms with Gasteiger partial charge in [0.05, 0.1) is 6.61 Å². The van der Waals surface area contributed by atoms with Gasteiger partial charge in [-0.2, -0.15) is 5.10 Å². The molecule has 0 aliphatic carbocycles. The van der Waals surface area contributed by atoms with Crippen LogP contribution in [0.15, 0.2) is 36.5 Å². The first-order valence-corrected chi connectivity index (χ1v) is 6.69. The van der Waals surface area contributed by atoms with E-state index in [2.05, 4.69) is 28.6 Å². The van der Waals surface area contributed by atoms with Crippen LogP contribution in [0, 0.1) is 0 Å². The van der Waals surface area contributed by atoms with Gasteiger partial charge in [-0.1, -0.05) is 12.1 Å². The highest BCUT2D eigenvalue weighted by Gasteiger charge is 1.98. The molecule has 0 saturated carbocycles. The summed E-state index contributed by atoms with van der Waals surface area (Å²) in [7, 11) is 1.97. The van der Waals surface area contributed by atoms with Crippen LogP contribution in [0.4, 0.5) is 0 Å². The monoisotopic (exact) mass is 259 g/mol. The first-order valence-electron chi connectivity index (χ1n) is 6.69. The predicted octanol–water partition coefficient (Wildman–Crippen LogP) is 2.15. The predicted molar refractivity (Wildman–Crippen MR) is 76.2 cm³/mol. The highest BCUT2D eigenvalue weighted by molar-refractivity contribution is 5.27. The van der Waals surface area contributed by atoms with Crippen LogP contribution < -0.4 is 10.1 Å². The van der Waals surface area contributed by atoms with Gasteiger partial charge in [0.1, 0.15) is 5.75 Å². The molecule has 0 amide bonds. The van der Waals surface area contributed by atoms with Crippen molar-refractivity contribution in [2.24, 2.45) is 7.05 Å². The number of nitrogens with zero attached hydrogens (tertiary/aromatic N) is 2. The van der Waals surface area contributed by atoms with Crippen LogP contribution in [0.25, 0.3) is 0 Å². The molecule has 1 aromatic carbocycles. The lowest BCUT2D eigenvalue weighted by Gasteiger charge is -2.07. The van der Waals surface area contributed by atoms with Crippen molar-refractivity contribution in [1.29, 1.82) is 0 Å². The standard InChI is InChI=1S/C15H21N3O/c1-3-19-15-6-4-13(5-7-15)12-16-10-8-14-9-11-17-18(14)2/h4-7,9,11,16H,3,8,10,12H2,1-2H3. The van der Waals surface area contributed by atoms with E-state index in [1.165, 1.54) is 11.3 Å². The Balaban J connectivity index is 1.72. The van der Waals surface area contributed by atoms with Crippen molar-refractivity contribution in [2.45, 2.75) is 19.9 Å². The van der Waals surface area contributed by atoms with Gasteiger partial charge in [-0.15, -0.1) is 0 Å². The maximum Gasteiger partial charge on any atom is 0.119 e. The largest absolute Gasteiger partial charge is 0.494 e. The second-order valence-corrected chi connectivity index (χ2v) is 4.45. The molecule has 1 N–H and O–H groups in total. The van der Waals surface area contributed by atoms with E-state index in [-0.39, 0.29) is 0 Å². The SMILES string of the molecule is CCOc1ccc(CNCCc2ccnn2C)cc1. The van der Waals surface area contributed by atoms with Crippen LogP contribution in [0.2, 0.25) is 0 Å². The van der Waals surface area contributed by atoms with E-state index in [9.17, 15) is 0 Å². The van der Waals surface area contributed by atoms with E-state index >= 15 is 0 Å². The van der Waals surface area contributed by atoms with Gasteiger partial charge in [0, 0.05) is 38.4 Å². The van der Waals surface area contributed by atoms with Crippen LogP contribution in [0.5, 0.6) is 5.75 Å². The van der Waals surface area contributed by atoms with Gasteiger partial charge >= 0.3 is 0 Å². The smallest absolute Gasteiger partial charge is 0.119 e. The first kappa shape index (κ1) is 13.6.